The van der Waals surface area contributed by atoms with E-state index in [0.29, 0.717) is 37.5 Å². The van der Waals surface area contributed by atoms with Gasteiger partial charge in [0.15, 0.2) is 0 Å². The Bertz CT molecular complexity index is 602. The van der Waals surface area contributed by atoms with E-state index in [0.717, 1.165) is 0 Å². The Labute approximate surface area is 132 Å². The molecule has 1 fully saturated rings. The van der Waals surface area contributed by atoms with E-state index in [2.05, 4.69) is 5.32 Å². The molecule has 1 saturated heterocycles. The van der Waals surface area contributed by atoms with Crippen LogP contribution in [0.3, 0.4) is 0 Å². The van der Waals surface area contributed by atoms with Crippen LogP contribution >= 0.6 is 0 Å². The van der Waals surface area contributed by atoms with E-state index in [1.807, 2.05) is 13.8 Å². The number of carbonyl (C=O) groups is 1. The number of carbonyl (C=O) groups excluding carboxylic acids is 1. The summed E-state index contributed by atoms with van der Waals surface area (Å²) in [6.45, 7) is 5.54. The summed E-state index contributed by atoms with van der Waals surface area (Å²) in [7, 11) is -3.48. The van der Waals surface area contributed by atoms with Gasteiger partial charge in [-0.15, -0.1) is 0 Å². The summed E-state index contributed by atoms with van der Waals surface area (Å²) in [6, 6.07) is 8.36. The molecule has 122 valence electrons. The Morgan fingerprint density at radius 3 is 2.41 bits per heavy atom. The second kappa shape index (κ2) is 7.11. The maximum Gasteiger partial charge on any atom is 0.317 e. The molecule has 1 heterocycles. The van der Waals surface area contributed by atoms with Crippen molar-refractivity contribution in [3.63, 3.8) is 0 Å². The van der Waals surface area contributed by atoms with Gasteiger partial charge in [-0.2, -0.15) is 4.31 Å². The highest BCUT2D eigenvalue weighted by molar-refractivity contribution is 7.89. The summed E-state index contributed by atoms with van der Waals surface area (Å²) in [5, 5.41) is 2.84. The van der Waals surface area contributed by atoms with E-state index in [1.165, 1.54) is 4.31 Å². The van der Waals surface area contributed by atoms with E-state index in [4.69, 9.17) is 0 Å². The second-order valence-corrected chi connectivity index (χ2v) is 7.60. The predicted molar refractivity (Wildman–Crippen MR) is 85.1 cm³/mol. The lowest BCUT2D eigenvalue weighted by Crippen LogP contribution is -2.44. The van der Waals surface area contributed by atoms with Crippen molar-refractivity contribution < 1.29 is 13.2 Å². The third-order valence-electron chi connectivity index (χ3n) is 3.54. The topological polar surface area (TPSA) is 69.7 Å². The minimum atomic E-state index is -3.48. The molecular weight excluding hydrogens is 302 g/mol. The number of nitrogens with one attached hydrogen (secondary N) is 1. The molecule has 0 unspecified atom stereocenters. The van der Waals surface area contributed by atoms with Gasteiger partial charge in [-0.05, 0) is 32.4 Å². The van der Waals surface area contributed by atoms with Crippen molar-refractivity contribution in [2.75, 3.05) is 26.2 Å². The van der Waals surface area contributed by atoms with Crippen molar-refractivity contribution in [3.05, 3.63) is 30.3 Å². The molecular formula is C15H23N3O3S. The van der Waals surface area contributed by atoms with E-state index >= 15 is 0 Å². The van der Waals surface area contributed by atoms with E-state index in [-0.39, 0.29) is 12.1 Å². The molecule has 0 spiro atoms. The average Bonchev–Trinajstić information content (AvgIpc) is 2.74. The molecule has 0 radical (unpaired) electrons. The van der Waals surface area contributed by atoms with E-state index < -0.39 is 10.0 Å². The Morgan fingerprint density at radius 2 is 1.77 bits per heavy atom. The van der Waals surface area contributed by atoms with Gasteiger partial charge in [0.2, 0.25) is 10.0 Å². The summed E-state index contributed by atoms with van der Waals surface area (Å²) in [5.41, 5.74) is 0. The third-order valence-corrected chi connectivity index (χ3v) is 5.45. The Morgan fingerprint density at radius 1 is 1.09 bits per heavy atom. The van der Waals surface area contributed by atoms with E-state index in [1.54, 1.807) is 35.2 Å². The van der Waals surface area contributed by atoms with Crippen molar-refractivity contribution in [2.45, 2.75) is 31.2 Å². The molecule has 1 aromatic rings. The van der Waals surface area contributed by atoms with E-state index in [9.17, 15) is 13.2 Å². The zero-order chi connectivity index (χ0) is 16.2. The molecule has 1 aromatic carbocycles. The van der Waals surface area contributed by atoms with Crippen molar-refractivity contribution >= 4 is 16.1 Å². The SMILES string of the molecule is CC(C)NC(=O)N1CCCN(S(=O)(=O)c2ccccc2)CC1. The quantitative estimate of drug-likeness (QED) is 0.915. The lowest BCUT2D eigenvalue weighted by Gasteiger charge is -2.23. The maximum atomic E-state index is 12.6. The number of nitrogens with zero attached hydrogens (tertiary/aromatic N) is 2. The molecule has 0 saturated carbocycles. The molecule has 2 rings (SSSR count). The van der Waals surface area contributed by atoms with Gasteiger partial charge in [0.05, 0.1) is 4.90 Å². The van der Waals surface area contributed by atoms with Crippen LogP contribution in [0.15, 0.2) is 35.2 Å². The van der Waals surface area contributed by atoms with Crippen LogP contribution in [-0.2, 0) is 10.0 Å². The third kappa shape index (κ3) is 3.98. The van der Waals surface area contributed by atoms with Gasteiger partial charge in [0, 0.05) is 32.2 Å². The highest BCUT2D eigenvalue weighted by Gasteiger charge is 2.28. The lowest BCUT2D eigenvalue weighted by atomic mass is 10.4. The molecule has 6 nitrogen and oxygen atoms in total. The van der Waals surface area contributed by atoms with Crippen molar-refractivity contribution in [3.8, 4) is 0 Å². The van der Waals surface area contributed by atoms with Crippen molar-refractivity contribution in [1.29, 1.82) is 0 Å². The highest BCUT2D eigenvalue weighted by atomic mass is 32.2. The van der Waals surface area contributed by atoms with Gasteiger partial charge in [0.1, 0.15) is 0 Å². The van der Waals surface area contributed by atoms with Gasteiger partial charge in [-0.25, -0.2) is 13.2 Å². The number of sulfonamides is 1. The fourth-order valence-electron chi connectivity index (χ4n) is 2.42. The van der Waals surface area contributed by atoms with Crippen LogP contribution in [0.4, 0.5) is 4.79 Å². The summed E-state index contributed by atoms with van der Waals surface area (Å²) in [5.74, 6) is 0. The number of benzene rings is 1. The molecule has 22 heavy (non-hydrogen) atoms. The number of hydrogen-bond donors (Lipinski definition) is 1. The normalized spacial score (nSPS) is 17.3. The van der Waals surface area contributed by atoms with Gasteiger partial charge in [-0.3, -0.25) is 0 Å². The molecule has 0 aromatic heterocycles. The largest absolute Gasteiger partial charge is 0.336 e. The zero-order valence-corrected chi connectivity index (χ0v) is 13.8. The first kappa shape index (κ1) is 16.8. The minimum absolute atomic E-state index is 0.0694. The van der Waals surface area contributed by atoms with Crippen molar-refractivity contribution in [1.82, 2.24) is 14.5 Å². The van der Waals surface area contributed by atoms with Crippen LogP contribution in [-0.4, -0.2) is 55.9 Å². The fraction of sp³-hybridized carbons (Fsp3) is 0.533. The second-order valence-electron chi connectivity index (χ2n) is 5.66. The number of rotatable bonds is 3. The number of urea groups is 1. The first-order chi connectivity index (χ1) is 10.4. The first-order valence-electron chi connectivity index (χ1n) is 7.52. The minimum Gasteiger partial charge on any atom is -0.336 e. The van der Waals surface area contributed by atoms with Gasteiger partial charge in [-0.1, -0.05) is 18.2 Å². The molecule has 1 aliphatic rings. The van der Waals surface area contributed by atoms with Crippen LogP contribution in [0.2, 0.25) is 0 Å². The van der Waals surface area contributed by atoms with Crippen LogP contribution in [0.5, 0.6) is 0 Å². The molecule has 2 amide bonds. The lowest BCUT2D eigenvalue weighted by molar-refractivity contribution is 0.198. The molecule has 0 atom stereocenters. The van der Waals surface area contributed by atoms with Crippen LogP contribution < -0.4 is 5.32 Å². The molecule has 1 N–H and O–H groups in total. The summed E-state index contributed by atoms with van der Waals surface area (Å²) in [6.07, 6.45) is 0.636. The van der Waals surface area contributed by atoms with Crippen LogP contribution in [0, 0.1) is 0 Å². The van der Waals surface area contributed by atoms with Gasteiger partial charge in [0.25, 0.3) is 0 Å². The van der Waals surface area contributed by atoms with Crippen molar-refractivity contribution in [2.24, 2.45) is 0 Å². The fourth-order valence-corrected chi connectivity index (χ4v) is 3.91. The van der Waals surface area contributed by atoms with Gasteiger partial charge < -0.3 is 10.2 Å². The summed E-state index contributed by atoms with van der Waals surface area (Å²) in [4.78, 5) is 14.0. The smallest absolute Gasteiger partial charge is 0.317 e. The first-order valence-corrected chi connectivity index (χ1v) is 8.96. The van der Waals surface area contributed by atoms with Gasteiger partial charge >= 0.3 is 6.03 Å². The monoisotopic (exact) mass is 325 g/mol. The highest BCUT2D eigenvalue weighted by Crippen LogP contribution is 2.17. The average molecular weight is 325 g/mol. The summed E-state index contributed by atoms with van der Waals surface area (Å²) >= 11 is 0. The zero-order valence-electron chi connectivity index (χ0n) is 13.0. The molecule has 7 heteroatoms. The predicted octanol–water partition coefficient (Wildman–Crippen LogP) is 1.50. The molecule has 1 aliphatic heterocycles. The Hall–Kier alpha value is -1.60. The molecule has 0 bridgehead atoms. The summed E-state index contributed by atoms with van der Waals surface area (Å²) < 4.78 is 26.7. The standard InChI is InChI=1S/C15H23N3O3S/c1-13(2)16-15(19)17-9-6-10-18(12-11-17)22(20,21)14-7-4-3-5-8-14/h3-5,7-8,13H,6,9-12H2,1-2H3,(H,16,19). The maximum absolute atomic E-state index is 12.6. The Balaban J connectivity index is 2.06. The molecule has 0 aliphatic carbocycles. The van der Waals surface area contributed by atoms with Crippen LogP contribution in [0.1, 0.15) is 20.3 Å². The Kier molecular flexibility index (Phi) is 5.42. The number of amides is 2. The number of hydrogen-bond acceptors (Lipinski definition) is 3. The van der Waals surface area contributed by atoms with Crippen LogP contribution in [0.25, 0.3) is 0 Å².